The number of amides is 1. The monoisotopic (exact) mass is 557 g/mol. The van der Waals surface area contributed by atoms with E-state index in [-0.39, 0.29) is 28.4 Å². The first-order valence-electron chi connectivity index (χ1n) is 10.5. The molecule has 0 aromatic heterocycles. The van der Waals surface area contributed by atoms with Gasteiger partial charge in [0, 0.05) is 17.3 Å². The fourth-order valence-electron chi connectivity index (χ4n) is 3.35. The summed E-state index contributed by atoms with van der Waals surface area (Å²) < 4.78 is 71.4. The Labute approximate surface area is 214 Å². The van der Waals surface area contributed by atoms with E-state index in [1.54, 1.807) is 19.1 Å². The quantitative estimate of drug-likeness (QED) is 0.253. The minimum absolute atomic E-state index is 0.0289. The molecule has 0 atom stereocenters. The molecule has 0 saturated carbocycles. The lowest BCUT2D eigenvalue weighted by Gasteiger charge is -2.14. The summed E-state index contributed by atoms with van der Waals surface area (Å²) in [5.41, 5.74) is -0.797. The molecule has 2 N–H and O–H groups in total. The van der Waals surface area contributed by atoms with Crippen LogP contribution in [-0.4, -0.2) is 26.0 Å². The number of halogens is 4. The molecule has 14 heteroatoms. The first-order chi connectivity index (χ1) is 17.2. The lowest BCUT2D eigenvalue weighted by Crippen LogP contribution is -2.31. The zero-order chi connectivity index (χ0) is 27.5. The van der Waals surface area contributed by atoms with Crippen LogP contribution in [-0.2, 0) is 20.9 Å². The maximum Gasteiger partial charge on any atom is 0.421 e. The maximum absolute atomic E-state index is 13.1. The van der Waals surface area contributed by atoms with E-state index < -0.39 is 43.5 Å². The largest absolute Gasteiger partial charge is 0.449 e. The predicted octanol–water partition coefficient (Wildman–Crippen LogP) is 6.42. The number of carbonyl (C=O) groups is 1. The summed E-state index contributed by atoms with van der Waals surface area (Å²) in [6.45, 7) is 3.23. The van der Waals surface area contributed by atoms with Crippen molar-refractivity contribution in [2.75, 3.05) is 11.9 Å². The minimum atomic E-state index is -4.88. The second-order valence-corrected chi connectivity index (χ2v) is 9.69. The Morgan fingerprint density at radius 2 is 1.76 bits per heavy atom. The topological polar surface area (TPSA) is 128 Å². The fourth-order valence-corrected chi connectivity index (χ4v) is 4.72. The van der Waals surface area contributed by atoms with Gasteiger partial charge in [-0.1, -0.05) is 41.4 Å². The third-order valence-electron chi connectivity index (χ3n) is 4.98. The average molecular weight is 558 g/mol. The van der Waals surface area contributed by atoms with Gasteiger partial charge in [-0.15, -0.1) is 0 Å². The molecule has 0 radical (unpaired) electrons. The smallest absolute Gasteiger partial charge is 0.421 e. The molecule has 3 rings (SSSR count). The third-order valence-corrected chi connectivity index (χ3v) is 6.66. The number of nitro groups is 1. The van der Waals surface area contributed by atoms with Crippen LogP contribution in [0.5, 0.6) is 0 Å². The summed E-state index contributed by atoms with van der Waals surface area (Å²) in [5.74, 6) is 0. The molecule has 37 heavy (non-hydrogen) atoms. The number of nitrogens with zero attached hydrogens (tertiary/aromatic N) is 1. The van der Waals surface area contributed by atoms with E-state index in [0.717, 1.165) is 11.6 Å². The zero-order valence-electron chi connectivity index (χ0n) is 19.2. The minimum Gasteiger partial charge on any atom is -0.449 e. The van der Waals surface area contributed by atoms with Crippen molar-refractivity contribution in [2.45, 2.75) is 24.9 Å². The summed E-state index contributed by atoms with van der Waals surface area (Å²) in [7, 11) is -4.29. The Bertz CT molecular complexity index is 1460. The normalized spacial score (nSPS) is 11.6. The molecule has 196 valence electrons. The summed E-state index contributed by atoms with van der Waals surface area (Å²) >= 11 is 5.71. The third kappa shape index (κ3) is 6.49. The molecule has 0 aliphatic heterocycles. The van der Waals surface area contributed by atoms with E-state index >= 15 is 0 Å². The number of aryl methyl sites for hydroxylation is 1. The molecule has 3 aromatic carbocycles. The van der Waals surface area contributed by atoms with Crippen molar-refractivity contribution in [1.29, 1.82) is 0 Å². The molecule has 0 unspecified atom stereocenters. The molecule has 0 bridgehead atoms. The Hall–Kier alpha value is -3.84. The molecule has 0 fully saturated rings. The number of carbonyl (C=O) groups excluding carboxylic acids is 1. The van der Waals surface area contributed by atoms with Crippen molar-refractivity contribution < 1.29 is 36.0 Å². The number of alkyl halides is 3. The summed E-state index contributed by atoms with van der Waals surface area (Å²) in [6, 6.07) is 11.5. The number of hydrogen-bond acceptors (Lipinski definition) is 7. The van der Waals surface area contributed by atoms with Crippen LogP contribution in [0.4, 0.5) is 35.0 Å². The Balaban J connectivity index is 1.97. The van der Waals surface area contributed by atoms with E-state index in [9.17, 15) is 36.5 Å². The zero-order valence-corrected chi connectivity index (χ0v) is 20.8. The number of nitrogens with one attached hydrogen (secondary N) is 2. The number of benzene rings is 3. The molecule has 9 nitrogen and oxygen atoms in total. The summed E-state index contributed by atoms with van der Waals surface area (Å²) in [4.78, 5) is 21.9. The molecular weight excluding hydrogens is 539 g/mol. The van der Waals surface area contributed by atoms with Crippen LogP contribution >= 0.6 is 11.6 Å². The van der Waals surface area contributed by atoms with E-state index in [0.29, 0.717) is 11.6 Å². The highest BCUT2D eigenvalue weighted by atomic mass is 35.5. The molecule has 0 aliphatic carbocycles. The molecular formula is C23H19ClF3N3O6S. The van der Waals surface area contributed by atoms with Crippen LogP contribution in [0.3, 0.4) is 0 Å². The predicted molar refractivity (Wildman–Crippen MR) is 130 cm³/mol. The van der Waals surface area contributed by atoms with E-state index in [1.165, 1.54) is 37.3 Å². The van der Waals surface area contributed by atoms with E-state index in [4.69, 9.17) is 11.6 Å². The van der Waals surface area contributed by atoms with Gasteiger partial charge in [-0.2, -0.15) is 13.2 Å². The van der Waals surface area contributed by atoms with Gasteiger partial charge < -0.3 is 10.1 Å². The van der Waals surface area contributed by atoms with Crippen molar-refractivity contribution >= 4 is 44.8 Å². The van der Waals surface area contributed by atoms with Crippen LogP contribution in [0.15, 0.2) is 59.5 Å². The van der Waals surface area contributed by atoms with Gasteiger partial charge in [0.1, 0.15) is 5.69 Å². The van der Waals surface area contributed by atoms with Gasteiger partial charge in [-0.05, 0) is 43.7 Å². The van der Waals surface area contributed by atoms with Gasteiger partial charge in [-0.25, -0.2) is 17.9 Å². The number of rotatable bonds is 7. The summed E-state index contributed by atoms with van der Waals surface area (Å²) in [6.07, 6.45) is -6.01. The van der Waals surface area contributed by atoms with Crippen molar-refractivity contribution in [3.05, 3.63) is 80.9 Å². The second kappa shape index (κ2) is 10.6. The van der Waals surface area contributed by atoms with Crippen molar-refractivity contribution in [3.63, 3.8) is 0 Å². The van der Waals surface area contributed by atoms with Gasteiger partial charge in [0.2, 0.25) is 0 Å². The highest BCUT2D eigenvalue weighted by Crippen LogP contribution is 2.41. The standard InChI is InChI=1S/C23H19ClF3N3O6S/c1-3-36-22(31)29-37(34,35)21-9-4-13(2)10-16(21)14-5-7-15(8-6-14)28-19-12-18(24)17(23(25,26)27)11-20(19)30(32)33/h4-12,28H,3H2,1-2H3,(H,29,31). The van der Waals surface area contributed by atoms with Gasteiger partial charge in [0.15, 0.2) is 0 Å². The highest BCUT2D eigenvalue weighted by molar-refractivity contribution is 7.90. The lowest BCUT2D eigenvalue weighted by molar-refractivity contribution is -0.384. The first-order valence-corrected chi connectivity index (χ1v) is 12.3. The van der Waals surface area contributed by atoms with Gasteiger partial charge >= 0.3 is 12.3 Å². The van der Waals surface area contributed by atoms with Gasteiger partial charge in [0.25, 0.3) is 15.7 Å². The molecule has 0 heterocycles. The number of anilines is 2. The maximum atomic E-state index is 13.1. The van der Waals surface area contributed by atoms with Gasteiger partial charge in [-0.3, -0.25) is 10.1 Å². The average Bonchev–Trinajstić information content (AvgIpc) is 2.78. The Morgan fingerprint density at radius 1 is 1.11 bits per heavy atom. The van der Waals surface area contributed by atoms with Crippen LogP contribution in [0.1, 0.15) is 18.1 Å². The second-order valence-electron chi connectivity index (χ2n) is 7.63. The van der Waals surface area contributed by atoms with E-state index in [1.807, 2.05) is 4.72 Å². The first kappa shape index (κ1) is 27.7. The van der Waals surface area contributed by atoms with Crippen LogP contribution < -0.4 is 10.0 Å². The SMILES string of the molecule is CCOC(=O)NS(=O)(=O)c1ccc(C)cc1-c1ccc(Nc2cc(Cl)c(C(F)(F)F)cc2[N+](=O)[O-])cc1. The van der Waals surface area contributed by atoms with Crippen molar-refractivity contribution in [1.82, 2.24) is 4.72 Å². The number of sulfonamides is 1. The van der Waals surface area contributed by atoms with Crippen LogP contribution in [0, 0.1) is 17.0 Å². The van der Waals surface area contributed by atoms with Crippen LogP contribution in [0.2, 0.25) is 5.02 Å². The summed E-state index contributed by atoms with van der Waals surface area (Å²) in [5, 5.41) is 13.3. The van der Waals surface area contributed by atoms with Crippen LogP contribution in [0.25, 0.3) is 11.1 Å². The number of ether oxygens (including phenoxy) is 1. The highest BCUT2D eigenvalue weighted by Gasteiger charge is 2.36. The molecule has 0 spiro atoms. The van der Waals surface area contributed by atoms with Gasteiger partial charge in [0.05, 0.1) is 27.0 Å². The molecule has 0 aliphatic rings. The Kier molecular flexibility index (Phi) is 7.98. The molecule has 0 saturated heterocycles. The van der Waals surface area contributed by atoms with Crippen molar-refractivity contribution in [3.8, 4) is 11.1 Å². The molecule has 3 aromatic rings. The molecule has 1 amide bonds. The van der Waals surface area contributed by atoms with Crippen molar-refractivity contribution in [2.24, 2.45) is 0 Å². The number of nitro benzene ring substituents is 1. The Morgan fingerprint density at radius 3 is 2.32 bits per heavy atom. The number of hydrogen-bond donors (Lipinski definition) is 2. The van der Waals surface area contributed by atoms with E-state index in [2.05, 4.69) is 10.1 Å². The fraction of sp³-hybridized carbons (Fsp3) is 0.174. The lowest BCUT2D eigenvalue weighted by atomic mass is 10.0.